The first-order valence-electron chi connectivity index (χ1n) is 12.7. The Hall–Kier alpha value is -5.31. The number of carboxylic acids is 1. The fourth-order valence-electron chi connectivity index (χ4n) is 4.71. The molecule has 0 radical (unpaired) electrons. The summed E-state index contributed by atoms with van der Waals surface area (Å²) in [7, 11) is 0. The first kappa shape index (κ1) is 29.2. The number of ether oxygens (including phenoxy) is 1. The average molecular weight is 610 g/mol. The first-order valence-corrected chi connectivity index (χ1v) is 13.7. The number of esters is 1. The second-order valence-corrected chi connectivity index (χ2v) is 10.6. The number of aromatic hydroxyl groups is 2. The fraction of sp³-hybridized carbons (Fsp3) is 0.214. The minimum atomic E-state index is -1.39. The van der Waals surface area contributed by atoms with Gasteiger partial charge in [-0.2, -0.15) is 0 Å². The van der Waals surface area contributed by atoms with Gasteiger partial charge in [0.15, 0.2) is 11.3 Å². The number of benzene rings is 2. The fourth-order valence-corrected chi connectivity index (χ4v) is 6.03. The monoisotopic (exact) mass is 609 g/mol. The summed E-state index contributed by atoms with van der Waals surface area (Å²) in [6.07, 6.45) is 0.790. The highest BCUT2D eigenvalue weighted by Crippen LogP contribution is 2.40. The number of carbonyl (C=O) groups is 5. The number of rotatable bonds is 8. The van der Waals surface area contributed by atoms with E-state index in [1.807, 2.05) is 0 Å². The third-order valence-corrected chi connectivity index (χ3v) is 8.15. The highest BCUT2D eigenvalue weighted by molar-refractivity contribution is 8.00. The number of amides is 3. The average Bonchev–Trinajstić information content (AvgIpc) is 2.99. The molecular weight excluding hydrogens is 586 g/mol. The quantitative estimate of drug-likeness (QED) is 0.137. The van der Waals surface area contributed by atoms with Crippen LogP contribution in [-0.2, 0) is 23.9 Å². The van der Waals surface area contributed by atoms with Gasteiger partial charge in [-0.1, -0.05) is 30.3 Å². The second kappa shape index (κ2) is 11.5. The lowest BCUT2D eigenvalue weighted by Gasteiger charge is -2.49. The highest BCUT2D eigenvalue weighted by Gasteiger charge is 2.54. The summed E-state index contributed by atoms with van der Waals surface area (Å²) in [5.41, 5.74) is -1.43. The van der Waals surface area contributed by atoms with E-state index in [1.165, 1.54) is 24.8 Å². The van der Waals surface area contributed by atoms with Crippen molar-refractivity contribution in [1.29, 1.82) is 0 Å². The lowest BCUT2D eigenvalue weighted by molar-refractivity contribution is -0.151. The van der Waals surface area contributed by atoms with Crippen LogP contribution in [-0.4, -0.2) is 73.7 Å². The number of carboxylic acid groups (broad SMARTS) is 1. The van der Waals surface area contributed by atoms with Crippen molar-refractivity contribution < 1.29 is 48.4 Å². The molecule has 0 saturated carbocycles. The number of hydrogen-bond donors (Lipinski definition) is 5. The van der Waals surface area contributed by atoms with Crippen molar-refractivity contribution in [2.75, 3.05) is 12.4 Å². The molecule has 15 heteroatoms. The van der Waals surface area contributed by atoms with Crippen molar-refractivity contribution in [3.05, 3.63) is 81.3 Å². The molecule has 1 fully saturated rings. The number of β-lactam (4-membered cyclic amide) rings is 1. The van der Waals surface area contributed by atoms with Gasteiger partial charge in [0, 0.05) is 18.2 Å². The van der Waals surface area contributed by atoms with E-state index in [1.54, 1.807) is 30.3 Å². The maximum atomic E-state index is 13.5. The Labute approximate surface area is 245 Å². The Bertz CT molecular complexity index is 1770. The zero-order valence-corrected chi connectivity index (χ0v) is 23.0. The lowest BCUT2D eigenvalue weighted by atomic mass is 10.0. The maximum Gasteiger partial charge on any atom is 0.352 e. The molecule has 3 amide bonds. The van der Waals surface area contributed by atoms with Crippen LogP contribution in [0.15, 0.2) is 69.2 Å². The Morgan fingerprint density at radius 2 is 1.84 bits per heavy atom. The molecule has 0 aliphatic carbocycles. The van der Waals surface area contributed by atoms with Crippen LogP contribution >= 0.6 is 11.8 Å². The minimum absolute atomic E-state index is 0.125. The molecule has 2 aliphatic rings. The predicted octanol–water partition coefficient (Wildman–Crippen LogP) is 0.977. The van der Waals surface area contributed by atoms with Crippen LogP contribution in [0.4, 0.5) is 0 Å². The van der Waals surface area contributed by atoms with Crippen LogP contribution < -0.4 is 16.1 Å². The van der Waals surface area contributed by atoms with Crippen LogP contribution in [0.5, 0.6) is 11.5 Å². The summed E-state index contributed by atoms with van der Waals surface area (Å²) in [4.78, 5) is 77.0. The van der Waals surface area contributed by atoms with Gasteiger partial charge in [-0.25, -0.2) is 4.79 Å². The zero-order chi connectivity index (χ0) is 31.0. The van der Waals surface area contributed by atoms with Gasteiger partial charge in [0.1, 0.15) is 41.6 Å². The molecule has 3 atom stereocenters. The SMILES string of the molecule is CC(=O)OCC1=C(C(=O)O)N2C(=O)[C@@H](NC(=O)C(NC(=O)c3coc4c(O)c(O)ccc4c3=O)c3ccccc3)[C@@H]2SC1. The third kappa shape index (κ3) is 5.37. The molecule has 14 nitrogen and oxygen atoms in total. The van der Waals surface area contributed by atoms with E-state index in [4.69, 9.17) is 9.15 Å². The zero-order valence-electron chi connectivity index (χ0n) is 22.2. The van der Waals surface area contributed by atoms with E-state index in [0.29, 0.717) is 5.56 Å². The van der Waals surface area contributed by atoms with Gasteiger partial charge in [0.25, 0.3) is 11.8 Å². The Balaban J connectivity index is 1.38. The molecule has 5 rings (SSSR count). The summed E-state index contributed by atoms with van der Waals surface area (Å²) < 4.78 is 10.2. The minimum Gasteiger partial charge on any atom is -0.504 e. The summed E-state index contributed by atoms with van der Waals surface area (Å²) in [6.45, 7) is 0.869. The molecule has 2 aromatic carbocycles. The van der Waals surface area contributed by atoms with Crippen molar-refractivity contribution in [2.24, 2.45) is 0 Å². The van der Waals surface area contributed by atoms with Gasteiger partial charge in [-0.05, 0) is 17.7 Å². The maximum absolute atomic E-state index is 13.5. The molecular formula is C28H23N3O11S. The summed E-state index contributed by atoms with van der Waals surface area (Å²) in [5, 5.41) is 33.5. The summed E-state index contributed by atoms with van der Waals surface area (Å²) in [5.74, 6) is -5.60. The Morgan fingerprint density at radius 3 is 2.51 bits per heavy atom. The molecule has 3 heterocycles. The molecule has 2 aliphatic heterocycles. The molecule has 1 unspecified atom stereocenters. The van der Waals surface area contributed by atoms with Crippen LogP contribution in [0.2, 0.25) is 0 Å². The normalized spacial score (nSPS) is 18.3. The number of nitrogens with one attached hydrogen (secondary N) is 2. The van der Waals surface area contributed by atoms with E-state index >= 15 is 0 Å². The van der Waals surface area contributed by atoms with Crippen molar-refractivity contribution in [3.63, 3.8) is 0 Å². The number of phenols is 2. The highest BCUT2D eigenvalue weighted by atomic mass is 32.2. The molecule has 43 heavy (non-hydrogen) atoms. The molecule has 0 bridgehead atoms. The van der Waals surface area contributed by atoms with Gasteiger partial charge < -0.3 is 35.1 Å². The number of nitrogens with zero attached hydrogens (tertiary/aromatic N) is 1. The van der Waals surface area contributed by atoms with Crippen molar-refractivity contribution >= 4 is 52.4 Å². The van der Waals surface area contributed by atoms with Crippen molar-refractivity contribution in [3.8, 4) is 11.5 Å². The number of aliphatic carboxylic acids is 1. The summed E-state index contributed by atoms with van der Waals surface area (Å²) in [6, 6.07) is 7.71. The third-order valence-electron chi connectivity index (χ3n) is 6.81. The van der Waals surface area contributed by atoms with E-state index in [9.17, 15) is 44.1 Å². The Kier molecular flexibility index (Phi) is 7.82. The molecule has 1 aromatic heterocycles. The molecule has 0 spiro atoms. The predicted molar refractivity (Wildman–Crippen MR) is 149 cm³/mol. The lowest BCUT2D eigenvalue weighted by Crippen LogP contribution is -2.71. The Morgan fingerprint density at radius 1 is 1.12 bits per heavy atom. The van der Waals surface area contributed by atoms with Gasteiger partial charge in [0.05, 0.1) is 5.39 Å². The van der Waals surface area contributed by atoms with E-state index in [0.717, 1.165) is 17.2 Å². The number of thioether (sulfide) groups is 1. The first-order chi connectivity index (χ1) is 20.5. The number of carbonyl (C=O) groups excluding carboxylic acids is 4. The van der Waals surface area contributed by atoms with Gasteiger partial charge in [-0.15, -0.1) is 11.8 Å². The van der Waals surface area contributed by atoms with Gasteiger partial charge in [-0.3, -0.25) is 28.9 Å². The number of phenolic OH excluding ortho intramolecular Hbond substituents is 2. The van der Waals surface area contributed by atoms with Crippen LogP contribution in [0.3, 0.4) is 0 Å². The van der Waals surface area contributed by atoms with Gasteiger partial charge >= 0.3 is 11.9 Å². The van der Waals surface area contributed by atoms with Crippen molar-refractivity contribution in [1.82, 2.24) is 15.5 Å². The topological polar surface area (TPSA) is 213 Å². The van der Waals surface area contributed by atoms with Crippen molar-refractivity contribution in [2.45, 2.75) is 24.4 Å². The molecule has 3 aromatic rings. The van der Waals surface area contributed by atoms with Crippen LogP contribution in [0, 0.1) is 0 Å². The van der Waals surface area contributed by atoms with Crippen LogP contribution in [0.1, 0.15) is 28.9 Å². The summed E-state index contributed by atoms with van der Waals surface area (Å²) >= 11 is 1.17. The molecule has 5 N–H and O–H groups in total. The second-order valence-electron chi connectivity index (χ2n) is 9.54. The largest absolute Gasteiger partial charge is 0.504 e. The smallest absolute Gasteiger partial charge is 0.352 e. The van der Waals surface area contributed by atoms with E-state index in [2.05, 4.69) is 10.6 Å². The number of hydrogen-bond acceptors (Lipinski definition) is 11. The van der Waals surface area contributed by atoms with E-state index in [-0.39, 0.29) is 34.6 Å². The number of fused-ring (bicyclic) bond motifs is 2. The standard InChI is InChI=1S/C28H23N3O11S/c1-12(32)41-9-14-11-43-27-19(26(38)31(27)20(14)28(39)40)30-25(37)18(13-5-3-2-4-6-13)29-24(36)16-10-42-23-15(21(16)34)7-8-17(33)22(23)35/h2-8,10,18-19,27,33,35H,9,11H2,1H3,(H,29,36)(H,30,37)(H,39,40)/t18?,19-,27+/m1/s1. The van der Waals surface area contributed by atoms with E-state index < -0.39 is 69.6 Å². The molecule has 222 valence electrons. The molecule has 1 saturated heterocycles. The van der Waals surface area contributed by atoms with Gasteiger partial charge in [0.2, 0.25) is 17.1 Å². The van der Waals surface area contributed by atoms with Crippen LogP contribution in [0.25, 0.3) is 11.0 Å².